The summed E-state index contributed by atoms with van der Waals surface area (Å²) in [5.41, 5.74) is 1.59. The first-order valence-electron chi connectivity index (χ1n) is 6.29. The van der Waals surface area contributed by atoms with E-state index in [0.717, 1.165) is 5.39 Å². The lowest BCUT2D eigenvalue weighted by Crippen LogP contribution is -2.18. The molecule has 0 radical (unpaired) electrons. The molecule has 0 saturated heterocycles. The molecule has 2 N–H and O–H groups in total. The molecule has 6 nitrogen and oxygen atoms in total. The molecule has 0 saturated carbocycles. The van der Waals surface area contributed by atoms with Crippen molar-refractivity contribution < 1.29 is 19.2 Å². The van der Waals surface area contributed by atoms with E-state index in [4.69, 9.17) is 14.4 Å². The maximum Gasteiger partial charge on any atom is 0.339 e. The number of carbonyl (C=O) groups excluding carboxylic acids is 1. The molecule has 1 aromatic heterocycles. The zero-order valence-electron chi connectivity index (χ0n) is 10.8. The number of hydrogen-bond acceptors (Lipinski definition) is 5. The van der Waals surface area contributed by atoms with Gasteiger partial charge in [-0.1, -0.05) is 12.1 Å². The second-order valence-corrected chi connectivity index (χ2v) is 4.27. The predicted octanol–water partition coefficient (Wildman–Crippen LogP) is 1.85. The maximum absolute atomic E-state index is 11.4. The summed E-state index contributed by atoms with van der Waals surface area (Å²) in [5, 5.41) is 9.08. The molecule has 0 aliphatic rings. The zero-order valence-corrected chi connectivity index (χ0v) is 10.8. The van der Waals surface area contributed by atoms with Crippen LogP contribution in [0.1, 0.15) is 19.3 Å². The van der Waals surface area contributed by atoms with Gasteiger partial charge in [0.05, 0.1) is 18.1 Å². The van der Waals surface area contributed by atoms with E-state index in [1.807, 2.05) is 12.1 Å². The standard InChI is InChI=1S/C14H15NO5/c16-13(15-18)7-3-4-8-19-12-9-14(17)20-11-6-2-1-5-10(11)12/h1-2,5-6,9,18H,3-4,7-8H2,(H,15,16). The fraction of sp³-hybridized carbons (Fsp3) is 0.286. The van der Waals surface area contributed by atoms with Crippen molar-refractivity contribution in [3.05, 3.63) is 40.8 Å². The Bertz CT molecular complexity index is 649. The molecule has 2 aromatic rings. The number of carbonyl (C=O) groups is 1. The van der Waals surface area contributed by atoms with Crippen molar-refractivity contribution in [3.63, 3.8) is 0 Å². The number of nitrogens with one attached hydrogen (secondary N) is 1. The molecule has 0 aliphatic carbocycles. The van der Waals surface area contributed by atoms with E-state index in [2.05, 4.69) is 0 Å². The number of hydrogen-bond donors (Lipinski definition) is 2. The van der Waals surface area contributed by atoms with Gasteiger partial charge < -0.3 is 9.15 Å². The van der Waals surface area contributed by atoms with Crippen molar-refractivity contribution in [1.29, 1.82) is 0 Å². The molecule has 1 heterocycles. The van der Waals surface area contributed by atoms with E-state index in [-0.39, 0.29) is 6.42 Å². The Morgan fingerprint density at radius 3 is 2.90 bits per heavy atom. The lowest BCUT2D eigenvalue weighted by molar-refractivity contribution is -0.129. The van der Waals surface area contributed by atoms with E-state index < -0.39 is 11.5 Å². The van der Waals surface area contributed by atoms with Crippen molar-refractivity contribution in [2.24, 2.45) is 0 Å². The summed E-state index contributed by atoms with van der Waals surface area (Å²) >= 11 is 0. The minimum absolute atomic E-state index is 0.234. The normalized spacial score (nSPS) is 10.4. The minimum Gasteiger partial charge on any atom is -0.493 e. The van der Waals surface area contributed by atoms with E-state index >= 15 is 0 Å². The third kappa shape index (κ3) is 3.58. The van der Waals surface area contributed by atoms with Crippen LogP contribution in [-0.2, 0) is 4.79 Å². The lowest BCUT2D eigenvalue weighted by Gasteiger charge is -2.07. The van der Waals surface area contributed by atoms with E-state index in [1.165, 1.54) is 6.07 Å². The van der Waals surface area contributed by atoms with Crippen LogP contribution in [0.25, 0.3) is 11.0 Å². The third-order valence-electron chi connectivity index (χ3n) is 2.79. The molecule has 0 fully saturated rings. The summed E-state index contributed by atoms with van der Waals surface area (Å²) < 4.78 is 10.6. The zero-order chi connectivity index (χ0) is 14.4. The number of rotatable bonds is 6. The van der Waals surface area contributed by atoms with Crippen molar-refractivity contribution in [3.8, 4) is 5.75 Å². The SMILES string of the molecule is O=C(CCCCOc1cc(=O)oc2ccccc12)NO. The van der Waals surface area contributed by atoms with Crippen LogP contribution in [-0.4, -0.2) is 17.7 Å². The monoisotopic (exact) mass is 277 g/mol. The van der Waals surface area contributed by atoms with Crippen LogP contribution in [0.15, 0.2) is 39.5 Å². The highest BCUT2D eigenvalue weighted by atomic mass is 16.5. The molecule has 20 heavy (non-hydrogen) atoms. The van der Waals surface area contributed by atoms with Gasteiger partial charge >= 0.3 is 5.63 Å². The highest BCUT2D eigenvalue weighted by molar-refractivity contribution is 5.82. The number of para-hydroxylation sites is 1. The van der Waals surface area contributed by atoms with Gasteiger partial charge in [0.1, 0.15) is 11.3 Å². The molecule has 0 atom stereocenters. The van der Waals surface area contributed by atoms with Gasteiger partial charge in [-0.25, -0.2) is 10.3 Å². The maximum atomic E-state index is 11.4. The summed E-state index contributed by atoms with van der Waals surface area (Å²) in [5.74, 6) is 0.0549. The number of benzene rings is 1. The van der Waals surface area contributed by atoms with Gasteiger partial charge in [0.2, 0.25) is 5.91 Å². The van der Waals surface area contributed by atoms with Gasteiger partial charge in [-0.05, 0) is 25.0 Å². The van der Waals surface area contributed by atoms with Gasteiger partial charge in [0.25, 0.3) is 0 Å². The number of amides is 1. The topological polar surface area (TPSA) is 88.8 Å². The van der Waals surface area contributed by atoms with Gasteiger partial charge in [-0.3, -0.25) is 10.0 Å². The molecule has 0 spiro atoms. The molecular weight excluding hydrogens is 262 g/mol. The Balaban J connectivity index is 1.96. The Hall–Kier alpha value is -2.34. The smallest absolute Gasteiger partial charge is 0.339 e. The molecule has 106 valence electrons. The highest BCUT2D eigenvalue weighted by Gasteiger charge is 2.06. The summed E-state index contributed by atoms with van der Waals surface area (Å²) in [7, 11) is 0. The van der Waals surface area contributed by atoms with Crippen molar-refractivity contribution in [2.45, 2.75) is 19.3 Å². The molecule has 0 bridgehead atoms. The molecular formula is C14H15NO5. The van der Waals surface area contributed by atoms with Crippen LogP contribution in [0.5, 0.6) is 5.75 Å². The van der Waals surface area contributed by atoms with E-state index in [0.29, 0.717) is 30.8 Å². The predicted molar refractivity (Wildman–Crippen MR) is 71.8 cm³/mol. The Kier molecular flexibility index (Phi) is 4.73. The average Bonchev–Trinajstić information content (AvgIpc) is 2.46. The van der Waals surface area contributed by atoms with Gasteiger partial charge in [-0.2, -0.15) is 0 Å². The molecule has 6 heteroatoms. The molecule has 1 amide bonds. The second-order valence-electron chi connectivity index (χ2n) is 4.27. The van der Waals surface area contributed by atoms with Gasteiger partial charge in [0, 0.05) is 6.42 Å². The van der Waals surface area contributed by atoms with E-state index in [9.17, 15) is 9.59 Å². The first-order valence-corrected chi connectivity index (χ1v) is 6.29. The largest absolute Gasteiger partial charge is 0.493 e. The second kappa shape index (κ2) is 6.72. The lowest BCUT2D eigenvalue weighted by atomic mass is 10.2. The quantitative estimate of drug-likeness (QED) is 0.364. The first kappa shape index (κ1) is 14.1. The molecule has 1 aromatic carbocycles. The number of unbranched alkanes of at least 4 members (excludes halogenated alkanes) is 1. The molecule has 0 aliphatic heterocycles. The number of hydroxylamine groups is 1. The van der Waals surface area contributed by atoms with Crippen molar-refractivity contribution >= 4 is 16.9 Å². The van der Waals surface area contributed by atoms with Crippen LogP contribution in [0.3, 0.4) is 0 Å². The van der Waals surface area contributed by atoms with Crippen LogP contribution in [0.2, 0.25) is 0 Å². The Morgan fingerprint density at radius 1 is 1.30 bits per heavy atom. The van der Waals surface area contributed by atoms with Crippen LogP contribution >= 0.6 is 0 Å². The van der Waals surface area contributed by atoms with Gasteiger partial charge in [-0.15, -0.1) is 0 Å². The molecule has 2 rings (SSSR count). The summed E-state index contributed by atoms with van der Waals surface area (Å²) in [6.45, 7) is 0.381. The summed E-state index contributed by atoms with van der Waals surface area (Å²) in [6.07, 6.45) is 1.46. The number of fused-ring (bicyclic) bond motifs is 1. The summed E-state index contributed by atoms with van der Waals surface area (Å²) in [6, 6.07) is 8.44. The fourth-order valence-electron chi connectivity index (χ4n) is 1.83. The van der Waals surface area contributed by atoms with Crippen molar-refractivity contribution in [1.82, 2.24) is 5.48 Å². The minimum atomic E-state index is -0.460. The van der Waals surface area contributed by atoms with Crippen LogP contribution < -0.4 is 15.8 Å². The Labute approximate surface area is 114 Å². The Morgan fingerprint density at radius 2 is 2.10 bits per heavy atom. The fourth-order valence-corrected chi connectivity index (χ4v) is 1.83. The first-order chi connectivity index (χ1) is 9.70. The van der Waals surface area contributed by atoms with Gasteiger partial charge in [0.15, 0.2) is 0 Å². The number of ether oxygens (including phenoxy) is 1. The summed E-state index contributed by atoms with van der Waals surface area (Å²) in [4.78, 5) is 22.2. The van der Waals surface area contributed by atoms with E-state index in [1.54, 1.807) is 17.6 Å². The van der Waals surface area contributed by atoms with Crippen LogP contribution in [0.4, 0.5) is 0 Å². The average molecular weight is 277 g/mol. The molecule has 0 unspecified atom stereocenters. The van der Waals surface area contributed by atoms with Crippen molar-refractivity contribution in [2.75, 3.05) is 6.61 Å². The van der Waals surface area contributed by atoms with Crippen LogP contribution in [0, 0.1) is 0 Å². The highest BCUT2D eigenvalue weighted by Crippen LogP contribution is 2.23. The third-order valence-corrected chi connectivity index (χ3v) is 2.79.